The fraction of sp³-hybridized carbons (Fsp3) is 0.235. The zero-order chi connectivity index (χ0) is 16.9. The summed E-state index contributed by atoms with van der Waals surface area (Å²) in [4.78, 5) is 0.123. The number of hydrogen-bond acceptors (Lipinski definition) is 4. The van der Waals surface area contributed by atoms with Gasteiger partial charge < -0.3 is 5.11 Å². The summed E-state index contributed by atoms with van der Waals surface area (Å²) in [6.45, 7) is -0.118. The maximum atomic E-state index is 12.8. The molecule has 0 saturated carbocycles. The van der Waals surface area contributed by atoms with E-state index in [1.165, 1.54) is 35.6 Å². The number of rotatable bonds is 6. The van der Waals surface area contributed by atoms with Crippen molar-refractivity contribution < 1.29 is 13.5 Å². The molecule has 2 aromatic rings. The lowest BCUT2D eigenvalue weighted by Gasteiger charge is -2.27. The van der Waals surface area contributed by atoms with E-state index in [0.29, 0.717) is 12.0 Å². The third-order valence-corrected chi connectivity index (χ3v) is 5.57. The second-order valence-corrected chi connectivity index (χ2v) is 7.09. The molecule has 0 amide bonds. The van der Waals surface area contributed by atoms with Crippen molar-refractivity contribution in [2.75, 3.05) is 13.7 Å². The lowest BCUT2D eigenvalue weighted by atomic mass is 10.0. The summed E-state index contributed by atoms with van der Waals surface area (Å²) >= 11 is 0. The van der Waals surface area contributed by atoms with E-state index in [2.05, 4.69) is 0 Å². The van der Waals surface area contributed by atoms with Gasteiger partial charge in [0.1, 0.15) is 0 Å². The van der Waals surface area contributed by atoms with Gasteiger partial charge in [-0.3, -0.25) is 0 Å². The molecule has 2 rings (SSSR count). The van der Waals surface area contributed by atoms with Crippen LogP contribution < -0.4 is 0 Å². The molecule has 0 heterocycles. The van der Waals surface area contributed by atoms with Gasteiger partial charge in [-0.15, -0.1) is 0 Å². The molecule has 0 bridgehead atoms. The second-order valence-electron chi connectivity index (χ2n) is 5.10. The zero-order valence-electron chi connectivity index (χ0n) is 12.8. The maximum Gasteiger partial charge on any atom is 0.243 e. The predicted octanol–water partition coefficient (Wildman–Crippen LogP) is 2.30. The van der Waals surface area contributed by atoms with Gasteiger partial charge in [-0.2, -0.15) is 9.57 Å². The van der Waals surface area contributed by atoms with Gasteiger partial charge in [0.2, 0.25) is 10.0 Å². The summed E-state index contributed by atoms with van der Waals surface area (Å²) < 4.78 is 26.8. The molecule has 0 unspecified atom stereocenters. The molecule has 2 aromatic carbocycles. The van der Waals surface area contributed by atoms with Crippen LogP contribution in [0.25, 0.3) is 0 Å². The summed E-state index contributed by atoms with van der Waals surface area (Å²) in [5.41, 5.74) is 1.22. The molecule has 0 aromatic heterocycles. The average molecular weight is 330 g/mol. The molecule has 23 heavy (non-hydrogen) atoms. The predicted molar refractivity (Wildman–Crippen MR) is 87.0 cm³/mol. The minimum atomic E-state index is -3.72. The van der Waals surface area contributed by atoms with Gasteiger partial charge in [0.05, 0.1) is 22.6 Å². The Morgan fingerprint density at radius 2 is 1.74 bits per heavy atom. The number of sulfonamides is 1. The molecule has 5 nitrogen and oxygen atoms in total. The van der Waals surface area contributed by atoms with Crippen LogP contribution in [0, 0.1) is 11.3 Å². The van der Waals surface area contributed by atoms with Crippen LogP contribution in [0.5, 0.6) is 0 Å². The van der Waals surface area contributed by atoms with Gasteiger partial charge in [-0.1, -0.05) is 30.3 Å². The maximum absolute atomic E-state index is 12.8. The van der Waals surface area contributed by atoms with Crippen LogP contribution in [0.15, 0.2) is 59.5 Å². The van der Waals surface area contributed by atoms with Crippen LogP contribution in [-0.4, -0.2) is 31.5 Å². The normalized spacial score (nSPS) is 12.8. The smallest absolute Gasteiger partial charge is 0.243 e. The Kier molecular flexibility index (Phi) is 5.50. The van der Waals surface area contributed by atoms with Crippen molar-refractivity contribution in [1.82, 2.24) is 4.31 Å². The first-order valence-electron chi connectivity index (χ1n) is 7.14. The van der Waals surface area contributed by atoms with E-state index in [4.69, 9.17) is 5.26 Å². The van der Waals surface area contributed by atoms with E-state index >= 15 is 0 Å². The molecular weight excluding hydrogens is 312 g/mol. The third kappa shape index (κ3) is 3.77. The summed E-state index contributed by atoms with van der Waals surface area (Å²) in [5, 5.41) is 18.1. The van der Waals surface area contributed by atoms with E-state index < -0.39 is 16.1 Å². The molecule has 0 saturated heterocycles. The van der Waals surface area contributed by atoms with Gasteiger partial charge >= 0.3 is 0 Å². The number of nitriles is 1. The van der Waals surface area contributed by atoms with Crippen molar-refractivity contribution in [2.24, 2.45) is 0 Å². The van der Waals surface area contributed by atoms with Crippen LogP contribution in [0.2, 0.25) is 0 Å². The van der Waals surface area contributed by atoms with Crippen molar-refractivity contribution in [2.45, 2.75) is 17.4 Å². The van der Waals surface area contributed by atoms with Crippen LogP contribution >= 0.6 is 0 Å². The topological polar surface area (TPSA) is 81.4 Å². The number of benzene rings is 2. The molecule has 0 radical (unpaired) electrons. The Labute approximate surface area is 136 Å². The standard InChI is InChI=1S/C17H18N2O3S/c1-19(17(11-12-20)15-5-3-2-4-6-15)23(21,22)16-9-7-14(13-18)8-10-16/h2-10,17,20H,11-12H2,1H3/t17-/m0/s1. The lowest BCUT2D eigenvalue weighted by Crippen LogP contribution is -2.32. The molecule has 1 atom stereocenters. The first kappa shape index (κ1) is 17.2. The highest BCUT2D eigenvalue weighted by molar-refractivity contribution is 7.89. The molecule has 0 fully saturated rings. The number of nitrogens with zero attached hydrogens (tertiary/aromatic N) is 2. The Hall–Kier alpha value is -2.20. The summed E-state index contributed by atoms with van der Waals surface area (Å²) in [7, 11) is -2.22. The van der Waals surface area contributed by atoms with E-state index in [1.807, 2.05) is 36.4 Å². The molecule has 6 heteroatoms. The molecule has 0 spiro atoms. The van der Waals surface area contributed by atoms with Gasteiger partial charge in [0.15, 0.2) is 0 Å². The largest absolute Gasteiger partial charge is 0.396 e. The summed E-state index contributed by atoms with van der Waals surface area (Å²) in [6, 6.07) is 16.5. The fourth-order valence-electron chi connectivity index (χ4n) is 2.39. The van der Waals surface area contributed by atoms with Gasteiger partial charge in [0, 0.05) is 13.7 Å². The Balaban J connectivity index is 2.37. The van der Waals surface area contributed by atoms with Crippen molar-refractivity contribution in [3.05, 3.63) is 65.7 Å². The second kappa shape index (κ2) is 7.38. The quantitative estimate of drug-likeness (QED) is 0.881. The highest BCUT2D eigenvalue weighted by atomic mass is 32.2. The first-order chi connectivity index (χ1) is 11.0. The van der Waals surface area contributed by atoms with Gasteiger partial charge in [0.25, 0.3) is 0 Å². The van der Waals surface area contributed by atoms with Gasteiger partial charge in [-0.25, -0.2) is 8.42 Å². The van der Waals surface area contributed by atoms with Crippen molar-refractivity contribution in [3.63, 3.8) is 0 Å². The zero-order valence-corrected chi connectivity index (χ0v) is 13.6. The molecule has 0 aliphatic rings. The van der Waals surface area contributed by atoms with E-state index in [-0.39, 0.29) is 11.5 Å². The van der Waals surface area contributed by atoms with Crippen molar-refractivity contribution in [1.29, 1.82) is 5.26 Å². The Morgan fingerprint density at radius 1 is 1.13 bits per heavy atom. The van der Waals surface area contributed by atoms with Gasteiger partial charge in [-0.05, 0) is 36.2 Å². The van der Waals surface area contributed by atoms with Crippen molar-refractivity contribution in [3.8, 4) is 6.07 Å². The van der Waals surface area contributed by atoms with Crippen LogP contribution in [0.4, 0.5) is 0 Å². The van der Waals surface area contributed by atoms with Crippen molar-refractivity contribution >= 4 is 10.0 Å². The van der Waals surface area contributed by atoms with E-state index in [1.54, 1.807) is 0 Å². The van der Waals surface area contributed by atoms with Crippen LogP contribution in [-0.2, 0) is 10.0 Å². The SMILES string of the molecule is CN([C@@H](CCO)c1ccccc1)S(=O)(=O)c1ccc(C#N)cc1. The fourth-order valence-corrected chi connectivity index (χ4v) is 3.77. The van der Waals surface area contributed by atoms with Crippen LogP contribution in [0.1, 0.15) is 23.6 Å². The molecule has 1 N–H and O–H groups in total. The number of aliphatic hydroxyl groups excluding tert-OH is 1. The number of aliphatic hydroxyl groups is 1. The van der Waals surface area contributed by atoms with E-state index in [0.717, 1.165) is 5.56 Å². The minimum Gasteiger partial charge on any atom is -0.396 e. The minimum absolute atomic E-state index is 0.118. The highest BCUT2D eigenvalue weighted by Gasteiger charge is 2.28. The Bertz CT molecular complexity index is 781. The summed E-state index contributed by atoms with van der Waals surface area (Å²) in [6.07, 6.45) is 0.302. The monoisotopic (exact) mass is 330 g/mol. The molecule has 120 valence electrons. The highest BCUT2D eigenvalue weighted by Crippen LogP contribution is 2.28. The number of hydrogen-bond donors (Lipinski definition) is 1. The van der Waals surface area contributed by atoms with Crippen LogP contribution in [0.3, 0.4) is 0 Å². The molecule has 0 aliphatic heterocycles. The lowest BCUT2D eigenvalue weighted by molar-refractivity contribution is 0.240. The first-order valence-corrected chi connectivity index (χ1v) is 8.58. The molecule has 0 aliphatic carbocycles. The Morgan fingerprint density at radius 3 is 2.26 bits per heavy atom. The molecular formula is C17H18N2O3S. The third-order valence-electron chi connectivity index (χ3n) is 3.69. The summed E-state index contributed by atoms with van der Waals surface area (Å²) in [5.74, 6) is 0. The van der Waals surface area contributed by atoms with E-state index in [9.17, 15) is 13.5 Å². The average Bonchev–Trinajstić information content (AvgIpc) is 2.60.